The van der Waals surface area contributed by atoms with Crippen molar-refractivity contribution in [3.8, 4) is 0 Å². The summed E-state index contributed by atoms with van der Waals surface area (Å²) in [5.41, 5.74) is 1.11. The van der Waals surface area contributed by atoms with Gasteiger partial charge in [-0.1, -0.05) is 30.7 Å². The SMILES string of the molecule is C[C@H]1[C@H]([Si](C)(C)F)[C@@H](CCO)O[C@]12C(=O)N(Cc1ccc(N3CCOC3=O)cc1)c1ccc(Cl)cc12. The van der Waals surface area contributed by atoms with Crippen LogP contribution in [0, 0.1) is 5.92 Å². The second kappa shape index (κ2) is 9.13. The van der Waals surface area contributed by atoms with Crippen LogP contribution in [0.5, 0.6) is 0 Å². The largest absolute Gasteiger partial charge is 0.447 e. The first-order chi connectivity index (χ1) is 17.1. The van der Waals surface area contributed by atoms with Crippen LogP contribution in [-0.2, 0) is 26.4 Å². The van der Waals surface area contributed by atoms with Gasteiger partial charge in [-0.15, -0.1) is 0 Å². The van der Waals surface area contributed by atoms with Crippen molar-refractivity contribution in [2.24, 2.45) is 5.92 Å². The van der Waals surface area contributed by atoms with Gasteiger partial charge in [0.2, 0.25) is 8.41 Å². The van der Waals surface area contributed by atoms with Crippen molar-refractivity contribution in [1.82, 2.24) is 0 Å². The van der Waals surface area contributed by atoms with Crippen molar-refractivity contribution in [3.05, 3.63) is 58.6 Å². The van der Waals surface area contributed by atoms with Crippen LogP contribution in [-0.4, -0.2) is 51.4 Å². The summed E-state index contributed by atoms with van der Waals surface area (Å²) in [4.78, 5) is 29.3. The van der Waals surface area contributed by atoms with Crippen LogP contribution in [0.4, 0.5) is 20.3 Å². The average Bonchev–Trinajstić information content (AvgIpc) is 3.44. The lowest BCUT2D eigenvalue weighted by molar-refractivity contribution is -0.146. The second-order valence-corrected chi connectivity index (χ2v) is 14.5. The fraction of sp³-hybridized carbons (Fsp3) is 0.462. The Kier molecular flexibility index (Phi) is 6.39. The maximum atomic E-state index is 15.6. The molecule has 36 heavy (non-hydrogen) atoms. The van der Waals surface area contributed by atoms with E-state index in [1.54, 1.807) is 41.1 Å². The molecule has 0 aromatic heterocycles. The Morgan fingerprint density at radius 1 is 1.19 bits per heavy atom. The molecule has 2 amide bonds. The molecule has 192 valence electrons. The molecule has 0 radical (unpaired) electrons. The normalized spacial score (nSPS) is 27.8. The molecule has 2 fully saturated rings. The Labute approximate surface area is 215 Å². The average molecular weight is 533 g/mol. The Morgan fingerprint density at radius 3 is 2.53 bits per heavy atom. The number of halogens is 2. The monoisotopic (exact) mass is 532 g/mol. The van der Waals surface area contributed by atoms with Gasteiger partial charge in [0.25, 0.3) is 5.91 Å². The molecule has 1 spiro atoms. The molecule has 0 saturated carbocycles. The van der Waals surface area contributed by atoms with Crippen molar-refractivity contribution < 1.29 is 28.3 Å². The van der Waals surface area contributed by atoms with Crippen LogP contribution in [0.1, 0.15) is 24.5 Å². The summed E-state index contributed by atoms with van der Waals surface area (Å²) in [6.07, 6.45) is -0.670. The van der Waals surface area contributed by atoms with Crippen molar-refractivity contribution in [3.63, 3.8) is 0 Å². The maximum absolute atomic E-state index is 15.6. The highest BCUT2D eigenvalue weighted by Gasteiger charge is 2.66. The number of fused-ring (bicyclic) bond motifs is 2. The number of carbonyl (C=O) groups excluding carboxylic acids is 2. The first-order valence-electron chi connectivity index (χ1n) is 12.2. The molecular formula is C26H30ClFN2O5Si. The van der Waals surface area contributed by atoms with E-state index in [9.17, 15) is 14.7 Å². The number of aliphatic hydroxyl groups excluding tert-OH is 1. The lowest BCUT2D eigenvalue weighted by Gasteiger charge is -2.31. The maximum Gasteiger partial charge on any atom is 0.414 e. The molecule has 0 aliphatic carbocycles. The van der Waals surface area contributed by atoms with Crippen molar-refractivity contribution in [1.29, 1.82) is 0 Å². The van der Waals surface area contributed by atoms with Gasteiger partial charge < -0.3 is 23.6 Å². The molecule has 2 saturated heterocycles. The molecule has 7 nitrogen and oxygen atoms in total. The third kappa shape index (κ3) is 3.93. The number of cyclic esters (lactones) is 1. The van der Waals surface area contributed by atoms with Gasteiger partial charge in [-0.3, -0.25) is 9.69 Å². The van der Waals surface area contributed by atoms with Gasteiger partial charge in [0.05, 0.1) is 24.9 Å². The minimum atomic E-state index is -3.25. The predicted molar refractivity (Wildman–Crippen MR) is 138 cm³/mol. The standard InChI is InChI=1S/C26H30ClFN2O5Si/c1-16-23(36(2,3)28)22(10-12-31)35-26(16)20-14-18(27)6-9-21(20)30(24(26)32)15-17-4-7-19(8-5-17)29-11-13-34-25(29)33/h4-9,14,16,22-23,31H,10-13,15H2,1-3H3/t16-,22+,23-,26+/m0/s1. The summed E-state index contributed by atoms with van der Waals surface area (Å²) < 4.78 is 27.1. The van der Waals surface area contributed by atoms with E-state index in [0.29, 0.717) is 29.4 Å². The summed E-state index contributed by atoms with van der Waals surface area (Å²) in [6, 6.07) is 12.7. The number of hydrogen-bond acceptors (Lipinski definition) is 5. The number of ether oxygens (including phenoxy) is 2. The van der Waals surface area contributed by atoms with Gasteiger partial charge in [-0.05, 0) is 55.4 Å². The van der Waals surface area contributed by atoms with E-state index in [4.69, 9.17) is 21.1 Å². The van der Waals surface area contributed by atoms with Crippen LogP contribution < -0.4 is 9.80 Å². The number of amides is 2. The molecule has 4 atom stereocenters. The van der Waals surface area contributed by atoms with E-state index in [2.05, 4.69) is 0 Å². The zero-order valence-corrected chi connectivity index (χ0v) is 22.3. The van der Waals surface area contributed by atoms with Crippen LogP contribution in [0.3, 0.4) is 0 Å². The molecule has 3 aliphatic heterocycles. The fourth-order valence-electron chi connectivity index (χ4n) is 6.17. The van der Waals surface area contributed by atoms with Gasteiger partial charge in [0.15, 0.2) is 5.60 Å². The van der Waals surface area contributed by atoms with E-state index in [0.717, 1.165) is 11.3 Å². The number of anilines is 2. The van der Waals surface area contributed by atoms with E-state index >= 15 is 4.11 Å². The van der Waals surface area contributed by atoms with E-state index in [1.807, 2.05) is 31.2 Å². The molecule has 2 aromatic rings. The van der Waals surface area contributed by atoms with Gasteiger partial charge in [0, 0.05) is 34.3 Å². The third-order valence-electron chi connectivity index (χ3n) is 7.69. The smallest absolute Gasteiger partial charge is 0.414 e. The highest BCUT2D eigenvalue weighted by Crippen LogP contribution is 2.60. The van der Waals surface area contributed by atoms with Crippen molar-refractivity contribution >= 4 is 43.4 Å². The Hall–Kier alpha value is -2.46. The molecule has 5 rings (SSSR count). The molecular weight excluding hydrogens is 503 g/mol. The van der Waals surface area contributed by atoms with Gasteiger partial charge in [-0.2, -0.15) is 0 Å². The molecule has 3 aliphatic rings. The minimum absolute atomic E-state index is 0.147. The molecule has 3 heterocycles. The number of carbonyl (C=O) groups is 2. The predicted octanol–water partition coefficient (Wildman–Crippen LogP) is 5.00. The Bertz CT molecular complexity index is 1190. The lowest BCUT2D eigenvalue weighted by Crippen LogP contribution is -2.45. The number of nitrogens with zero attached hydrogens (tertiary/aromatic N) is 2. The molecule has 0 bridgehead atoms. The summed E-state index contributed by atoms with van der Waals surface area (Å²) in [5.74, 6) is -0.679. The Balaban J connectivity index is 1.50. The van der Waals surface area contributed by atoms with Gasteiger partial charge in [0.1, 0.15) is 6.61 Å². The zero-order valence-electron chi connectivity index (χ0n) is 20.5. The van der Waals surface area contributed by atoms with Gasteiger partial charge >= 0.3 is 6.09 Å². The molecule has 1 N–H and O–H groups in total. The third-order valence-corrected chi connectivity index (χ3v) is 10.4. The summed E-state index contributed by atoms with van der Waals surface area (Å²) in [6.45, 7) is 6.14. The van der Waals surface area contributed by atoms with Crippen LogP contribution in [0.2, 0.25) is 23.7 Å². The first kappa shape index (κ1) is 25.2. The topological polar surface area (TPSA) is 79.3 Å². The summed E-state index contributed by atoms with van der Waals surface area (Å²) in [5, 5.41) is 10.1. The highest BCUT2D eigenvalue weighted by molar-refractivity contribution is 6.72. The summed E-state index contributed by atoms with van der Waals surface area (Å²) in [7, 11) is -3.25. The molecule has 0 unspecified atom stereocenters. The fourth-order valence-corrected chi connectivity index (χ4v) is 8.88. The number of benzene rings is 2. The molecule has 10 heteroatoms. The minimum Gasteiger partial charge on any atom is -0.447 e. The van der Waals surface area contributed by atoms with E-state index in [-0.39, 0.29) is 31.6 Å². The first-order valence-corrected chi connectivity index (χ1v) is 15.5. The van der Waals surface area contributed by atoms with Crippen molar-refractivity contribution in [2.45, 2.75) is 50.2 Å². The number of rotatable bonds is 6. The van der Waals surface area contributed by atoms with Crippen molar-refractivity contribution in [2.75, 3.05) is 29.6 Å². The number of aliphatic hydroxyl groups is 1. The van der Waals surface area contributed by atoms with E-state index < -0.39 is 31.6 Å². The lowest BCUT2D eigenvalue weighted by atomic mass is 9.82. The zero-order chi connectivity index (χ0) is 25.8. The van der Waals surface area contributed by atoms with Crippen LogP contribution in [0.25, 0.3) is 0 Å². The highest BCUT2D eigenvalue weighted by atomic mass is 35.5. The summed E-state index contributed by atoms with van der Waals surface area (Å²) >= 11 is 6.37. The van der Waals surface area contributed by atoms with Gasteiger partial charge in [-0.25, -0.2) is 4.79 Å². The number of hydrogen-bond donors (Lipinski definition) is 1. The second-order valence-electron chi connectivity index (χ2n) is 10.3. The van der Waals surface area contributed by atoms with Crippen LogP contribution >= 0.6 is 11.6 Å². The quantitative estimate of drug-likeness (QED) is 0.418. The molecule has 2 aromatic carbocycles. The van der Waals surface area contributed by atoms with Crippen LogP contribution in [0.15, 0.2) is 42.5 Å². The van der Waals surface area contributed by atoms with E-state index in [1.165, 1.54) is 0 Å². The Morgan fingerprint density at radius 2 is 1.92 bits per heavy atom.